The molecule has 2 aliphatic rings. The Morgan fingerprint density at radius 2 is 1.62 bits per heavy atom. The first kappa shape index (κ1) is 20.7. The number of ether oxygens (including phenoxy) is 2. The molecular formula is C26H23ClO5. The number of rotatable bonds is 5. The second-order valence-corrected chi connectivity index (χ2v) is 8.71. The highest BCUT2D eigenvalue weighted by Crippen LogP contribution is 2.58. The molecule has 0 saturated heterocycles. The highest BCUT2D eigenvalue weighted by Gasteiger charge is 2.54. The molecule has 0 radical (unpaired) electrons. The van der Waals surface area contributed by atoms with Crippen LogP contribution in [0, 0.1) is 0 Å². The van der Waals surface area contributed by atoms with E-state index in [1.165, 1.54) is 6.07 Å². The monoisotopic (exact) mass is 450 g/mol. The molecule has 1 unspecified atom stereocenters. The number of halogens is 1. The minimum absolute atomic E-state index is 0.133. The molecule has 0 fully saturated rings. The minimum Gasteiger partial charge on any atom is -0.508 e. The summed E-state index contributed by atoms with van der Waals surface area (Å²) in [5.41, 5.74) is 1.81. The molecule has 0 amide bonds. The number of hydrogen-bond donors (Lipinski definition) is 2. The van der Waals surface area contributed by atoms with Gasteiger partial charge in [0.05, 0.1) is 10.6 Å². The van der Waals surface area contributed by atoms with Gasteiger partial charge in [0, 0.05) is 28.8 Å². The van der Waals surface area contributed by atoms with E-state index in [-0.39, 0.29) is 16.5 Å². The van der Waals surface area contributed by atoms with Gasteiger partial charge in [0.25, 0.3) is 0 Å². The zero-order valence-corrected chi connectivity index (χ0v) is 18.4. The highest BCUT2D eigenvalue weighted by atomic mass is 35.5. The first-order valence-corrected chi connectivity index (χ1v) is 11.2. The lowest BCUT2D eigenvalue weighted by Crippen LogP contribution is -2.33. The summed E-state index contributed by atoms with van der Waals surface area (Å²) in [6, 6.07) is 13.7. The van der Waals surface area contributed by atoms with E-state index in [9.17, 15) is 15.0 Å². The lowest BCUT2D eigenvalue weighted by molar-refractivity contribution is 0.0224. The number of fused-ring (bicyclic) bond motifs is 6. The lowest BCUT2D eigenvalue weighted by atomic mass is 9.77. The SMILES string of the molecule is CCCCCCc1cc2c(cc1O)Oc1cc(O)c(Cl)cc1C21OC(=O)c2ccccc21. The first-order chi connectivity index (χ1) is 15.5. The summed E-state index contributed by atoms with van der Waals surface area (Å²) in [6.45, 7) is 2.16. The van der Waals surface area contributed by atoms with Gasteiger partial charge in [-0.05, 0) is 36.6 Å². The second-order valence-electron chi connectivity index (χ2n) is 8.31. The number of phenolic OH excluding ortho intramolecular Hbond substituents is 2. The maximum Gasteiger partial charge on any atom is 0.340 e. The van der Waals surface area contributed by atoms with Crippen molar-refractivity contribution in [1.82, 2.24) is 0 Å². The van der Waals surface area contributed by atoms with Gasteiger partial charge < -0.3 is 19.7 Å². The molecule has 2 heterocycles. The smallest absolute Gasteiger partial charge is 0.340 e. The Labute approximate surface area is 191 Å². The van der Waals surface area contributed by atoms with E-state index in [2.05, 4.69) is 6.92 Å². The van der Waals surface area contributed by atoms with Gasteiger partial charge in [0.15, 0.2) is 5.60 Å². The molecule has 6 heteroatoms. The van der Waals surface area contributed by atoms with Crippen LogP contribution in [0.25, 0.3) is 0 Å². The average molecular weight is 451 g/mol. The molecule has 3 aromatic carbocycles. The molecule has 32 heavy (non-hydrogen) atoms. The van der Waals surface area contributed by atoms with E-state index >= 15 is 0 Å². The van der Waals surface area contributed by atoms with Gasteiger partial charge in [-0.25, -0.2) is 4.79 Å². The fourth-order valence-corrected chi connectivity index (χ4v) is 4.86. The molecular weight excluding hydrogens is 428 g/mol. The molecule has 5 rings (SSSR count). The highest BCUT2D eigenvalue weighted by molar-refractivity contribution is 6.32. The number of aryl methyl sites for hydroxylation is 1. The molecule has 0 saturated carbocycles. The van der Waals surface area contributed by atoms with Crippen LogP contribution >= 0.6 is 11.6 Å². The molecule has 2 N–H and O–H groups in total. The zero-order valence-electron chi connectivity index (χ0n) is 17.7. The summed E-state index contributed by atoms with van der Waals surface area (Å²) in [5.74, 6) is 0.242. The van der Waals surface area contributed by atoms with Crippen molar-refractivity contribution in [2.45, 2.75) is 44.6 Å². The van der Waals surface area contributed by atoms with Crippen molar-refractivity contribution in [3.8, 4) is 23.0 Å². The fraction of sp³-hybridized carbons (Fsp3) is 0.269. The summed E-state index contributed by atoms with van der Waals surface area (Å²) < 4.78 is 12.2. The maximum atomic E-state index is 12.9. The summed E-state index contributed by atoms with van der Waals surface area (Å²) in [5, 5.41) is 21.0. The summed E-state index contributed by atoms with van der Waals surface area (Å²) in [7, 11) is 0. The van der Waals surface area contributed by atoms with Gasteiger partial charge in [-0.15, -0.1) is 0 Å². The summed E-state index contributed by atoms with van der Waals surface area (Å²) in [6.07, 6.45) is 4.99. The zero-order chi connectivity index (χ0) is 22.5. The lowest BCUT2D eigenvalue weighted by Gasteiger charge is -2.37. The van der Waals surface area contributed by atoms with Crippen molar-refractivity contribution in [2.75, 3.05) is 0 Å². The number of phenols is 2. The number of carbonyl (C=O) groups excluding carboxylic acids is 1. The number of aromatic hydroxyl groups is 2. The number of unbranched alkanes of at least 4 members (excludes halogenated alkanes) is 3. The molecule has 0 bridgehead atoms. The Kier molecular flexibility index (Phi) is 5.01. The molecule has 2 aliphatic heterocycles. The Hall–Kier alpha value is -3.18. The molecule has 164 valence electrons. The molecule has 1 spiro atoms. The number of benzene rings is 3. The van der Waals surface area contributed by atoms with Crippen LogP contribution in [-0.4, -0.2) is 16.2 Å². The number of hydrogen-bond acceptors (Lipinski definition) is 5. The molecule has 0 aliphatic carbocycles. The van der Waals surface area contributed by atoms with Crippen molar-refractivity contribution in [3.05, 3.63) is 81.4 Å². The van der Waals surface area contributed by atoms with Gasteiger partial charge >= 0.3 is 5.97 Å². The van der Waals surface area contributed by atoms with Crippen LogP contribution in [0.3, 0.4) is 0 Å². The van der Waals surface area contributed by atoms with Crippen molar-refractivity contribution < 1.29 is 24.5 Å². The van der Waals surface area contributed by atoms with Gasteiger partial charge in [-0.2, -0.15) is 0 Å². The van der Waals surface area contributed by atoms with Gasteiger partial charge in [0.1, 0.15) is 23.0 Å². The van der Waals surface area contributed by atoms with E-state index in [0.29, 0.717) is 40.2 Å². The van der Waals surface area contributed by atoms with E-state index in [4.69, 9.17) is 21.1 Å². The van der Waals surface area contributed by atoms with Crippen molar-refractivity contribution in [3.63, 3.8) is 0 Å². The molecule has 0 aromatic heterocycles. The van der Waals surface area contributed by atoms with Crippen LogP contribution in [0.4, 0.5) is 0 Å². The van der Waals surface area contributed by atoms with Crippen molar-refractivity contribution in [1.29, 1.82) is 0 Å². The first-order valence-electron chi connectivity index (χ1n) is 10.9. The Morgan fingerprint density at radius 1 is 0.906 bits per heavy atom. The summed E-state index contributed by atoms with van der Waals surface area (Å²) in [4.78, 5) is 12.9. The van der Waals surface area contributed by atoms with E-state index < -0.39 is 11.6 Å². The minimum atomic E-state index is -1.28. The fourth-order valence-electron chi connectivity index (χ4n) is 4.70. The normalized spacial score (nSPS) is 18.0. The topological polar surface area (TPSA) is 76.0 Å². The predicted octanol–water partition coefficient (Wildman–Crippen LogP) is 6.44. The van der Waals surface area contributed by atoms with E-state index in [1.807, 2.05) is 18.2 Å². The average Bonchev–Trinajstić information content (AvgIpc) is 3.07. The predicted molar refractivity (Wildman–Crippen MR) is 121 cm³/mol. The van der Waals surface area contributed by atoms with E-state index in [0.717, 1.165) is 31.2 Å². The van der Waals surface area contributed by atoms with Crippen LogP contribution in [0.5, 0.6) is 23.0 Å². The molecule has 3 aromatic rings. The molecule has 5 nitrogen and oxygen atoms in total. The molecule has 1 atom stereocenters. The van der Waals surface area contributed by atoms with Crippen LogP contribution in [0.1, 0.15) is 65.2 Å². The summed E-state index contributed by atoms with van der Waals surface area (Å²) >= 11 is 6.27. The Balaban J connectivity index is 1.73. The number of esters is 1. The van der Waals surface area contributed by atoms with Gasteiger partial charge in [-0.1, -0.05) is 56.0 Å². The Bertz CT molecular complexity index is 1240. The third-order valence-corrected chi connectivity index (χ3v) is 6.58. The van der Waals surface area contributed by atoms with Crippen LogP contribution in [0.15, 0.2) is 48.5 Å². The number of carbonyl (C=O) groups is 1. The third-order valence-electron chi connectivity index (χ3n) is 6.28. The maximum absolute atomic E-state index is 12.9. The quantitative estimate of drug-likeness (QED) is 0.345. The van der Waals surface area contributed by atoms with Crippen molar-refractivity contribution >= 4 is 17.6 Å². The van der Waals surface area contributed by atoms with Crippen LogP contribution in [-0.2, 0) is 16.8 Å². The second kappa shape index (κ2) is 7.75. The standard InChI is InChI=1S/C26H23ClO5/c1-2-3-4-5-8-15-11-18-23(13-21(15)28)31-24-14-22(29)20(27)12-19(24)26(18)17-10-7-6-9-16(17)25(30)32-26/h6-7,9-14,28-29H,2-5,8H2,1H3. The van der Waals surface area contributed by atoms with Gasteiger partial charge in [-0.3, -0.25) is 0 Å². The Morgan fingerprint density at radius 3 is 2.41 bits per heavy atom. The van der Waals surface area contributed by atoms with E-state index in [1.54, 1.807) is 24.3 Å². The largest absolute Gasteiger partial charge is 0.508 e. The van der Waals surface area contributed by atoms with Gasteiger partial charge in [0.2, 0.25) is 0 Å². The van der Waals surface area contributed by atoms with Crippen LogP contribution in [0.2, 0.25) is 5.02 Å². The third kappa shape index (κ3) is 3.03. The van der Waals surface area contributed by atoms with Crippen molar-refractivity contribution in [2.24, 2.45) is 0 Å². The van der Waals surface area contributed by atoms with Crippen LogP contribution < -0.4 is 4.74 Å².